The second-order valence-electron chi connectivity index (χ2n) is 5.20. The van der Waals surface area contributed by atoms with Crippen LogP contribution in [0.15, 0.2) is 16.6 Å². The monoisotopic (exact) mass is 417 g/mol. The first-order valence-corrected chi connectivity index (χ1v) is 9.22. The van der Waals surface area contributed by atoms with Gasteiger partial charge in [0.05, 0.1) is 27.8 Å². The standard InChI is InChI=1S/C16H20BrNO5S/c1-21-12-6-10(11(17)8-13(12)22-2)7-15(19)18-4-5-24-14(9-18)16(20)23-3/h6,8,14H,4-5,7,9H2,1-3H3/t14-/m1/s1. The first-order valence-electron chi connectivity index (χ1n) is 7.37. The number of esters is 1. The third-order valence-electron chi connectivity index (χ3n) is 3.78. The van der Waals surface area contributed by atoms with E-state index in [1.54, 1.807) is 31.3 Å². The minimum absolute atomic E-state index is 0.0304. The molecule has 1 heterocycles. The van der Waals surface area contributed by atoms with E-state index < -0.39 is 0 Å². The Labute approximate surface area is 153 Å². The zero-order valence-corrected chi connectivity index (χ0v) is 16.2. The molecular weight excluding hydrogens is 398 g/mol. The molecule has 1 amide bonds. The van der Waals surface area contributed by atoms with Crippen molar-refractivity contribution in [3.8, 4) is 11.5 Å². The maximum absolute atomic E-state index is 12.6. The van der Waals surface area contributed by atoms with Gasteiger partial charge in [-0.2, -0.15) is 0 Å². The number of halogens is 1. The lowest BCUT2D eigenvalue weighted by Crippen LogP contribution is -2.45. The minimum atomic E-state index is -0.318. The number of hydrogen-bond acceptors (Lipinski definition) is 6. The Morgan fingerprint density at radius 3 is 2.54 bits per heavy atom. The highest BCUT2D eigenvalue weighted by molar-refractivity contribution is 9.10. The van der Waals surface area contributed by atoms with Gasteiger partial charge in [0.15, 0.2) is 11.5 Å². The molecule has 132 valence electrons. The van der Waals surface area contributed by atoms with Gasteiger partial charge >= 0.3 is 5.97 Å². The second kappa shape index (κ2) is 8.62. The summed E-state index contributed by atoms with van der Waals surface area (Å²) >= 11 is 4.99. The molecule has 0 saturated carbocycles. The summed E-state index contributed by atoms with van der Waals surface area (Å²) in [7, 11) is 4.48. The summed E-state index contributed by atoms with van der Waals surface area (Å²) in [4.78, 5) is 26.0. The summed E-state index contributed by atoms with van der Waals surface area (Å²) in [6.07, 6.45) is 0.222. The van der Waals surface area contributed by atoms with Gasteiger partial charge in [0.25, 0.3) is 0 Å². The average molecular weight is 418 g/mol. The number of carbonyl (C=O) groups excluding carboxylic acids is 2. The predicted molar refractivity (Wildman–Crippen MR) is 95.8 cm³/mol. The van der Waals surface area contributed by atoms with Crippen molar-refractivity contribution in [2.75, 3.05) is 40.2 Å². The van der Waals surface area contributed by atoms with Crippen molar-refractivity contribution in [1.29, 1.82) is 0 Å². The molecule has 0 unspecified atom stereocenters. The summed E-state index contributed by atoms with van der Waals surface area (Å²) in [5.74, 6) is 1.58. The van der Waals surface area contributed by atoms with E-state index in [1.165, 1.54) is 18.9 Å². The third kappa shape index (κ3) is 4.36. The summed E-state index contributed by atoms with van der Waals surface area (Å²) in [6.45, 7) is 1.00. The molecule has 6 nitrogen and oxygen atoms in total. The molecule has 8 heteroatoms. The van der Waals surface area contributed by atoms with Crippen LogP contribution in [0.1, 0.15) is 5.56 Å². The van der Waals surface area contributed by atoms with E-state index in [0.717, 1.165) is 15.8 Å². The smallest absolute Gasteiger partial charge is 0.320 e. The highest BCUT2D eigenvalue weighted by Gasteiger charge is 2.29. The topological polar surface area (TPSA) is 65.1 Å². The highest BCUT2D eigenvalue weighted by Crippen LogP contribution is 2.34. The largest absolute Gasteiger partial charge is 0.493 e. The van der Waals surface area contributed by atoms with Crippen LogP contribution in [0.25, 0.3) is 0 Å². The summed E-state index contributed by atoms with van der Waals surface area (Å²) < 4.78 is 16.1. The summed E-state index contributed by atoms with van der Waals surface area (Å²) in [5, 5.41) is -0.318. The van der Waals surface area contributed by atoms with Gasteiger partial charge in [0, 0.05) is 23.3 Å². The quantitative estimate of drug-likeness (QED) is 0.683. The van der Waals surface area contributed by atoms with Crippen molar-refractivity contribution in [1.82, 2.24) is 4.90 Å². The molecular formula is C16H20BrNO5S. The Kier molecular flexibility index (Phi) is 6.79. The van der Waals surface area contributed by atoms with Crippen LogP contribution in [-0.2, 0) is 20.7 Å². The maximum Gasteiger partial charge on any atom is 0.320 e. The Balaban J connectivity index is 2.10. The van der Waals surface area contributed by atoms with Gasteiger partial charge in [-0.3, -0.25) is 9.59 Å². The van der Waals surface area contributed by atoms with E-state index in [9.17, 15) is 9.59 Å². The van der Waals surface area contributed by atoms with Crippen molar-refractivity contribution in [3.05, 3.63) is 22.2 Å². The Hall–Kier alpha value is -1.41. The third-order valence-corrected chi connectivity index (χ3v) is 5.68. The van der Waals surface area contributed by atoms with Gasteiger partial charge in [-0.1, -0.05) is 15.9 Å². The van der Waals surface area contributed by atoms with Crippen LogP contribution in [-0.4, -0.2) is 62.2 Å². The fourth-order valence-electron chi connectivity index (χ4n) is 2.46. The normalized spacial score (nSPS) is 17.3. The van der Waals surface area contributed by atoms with E-state index in [-0.39, 0.29) is 23.5 Å². The number of ether oxygens (including phenoxy) is 3. The molecule has 0 aromatic heterocycles. The number of methoxy groups -OCH3 is 3. The molecule has 24 heavy (non-hydrogen) atoms. The molecule has 1 aromatic rings. The molecule has 2 rings (SSSR count). The predicted octanol–water partition coefficient (Wildman–Crippen LogP) is 2.13. The van der Waals surface area contributed by atoms with Gasteiger partial charge in [-0.15, -0.1) is 11.8 Å². The van der Waals surface area contributed by atoms with Crippen LogP contribution in [0.2, 0.25) is 0 Å². The molecule has 1 saturated heterocycles. The molecule has 1 atom stereocenters. The molecule has 0 N–H and O–H groups in total. The van der Waals surface area contributed by atoms with E-state index in [0.29, 0.717) is 24.6 Å². The van der Waals surface area contributed by atoms with Gasteiger partial charge in [-0.05, 0) is 17.7 Å². The second-order valence-corrected chi connectivity index (χ2v) is 7.36. The average Bonchev–Trinajstić information content (AvgIpc) is 2.62. The van der Waals surface area contributed by atoms with Crippen LogP contribution < -0.4 is 9.47 Å². The van der Waals surface area contributed by atoms with Crippen LogP contribution in [0.3, 0.4) is 0 Å². The number of rotatable bonds is 5. The van der Waals surface area contributed by atoms with E-state index >= 15 is 0 Å². The number of hydrogen-bond donors (Lipinski definition) is 0. The first kappa shape index (κ1) is 18.9. The lowest BCUT2D eigenvalue weighted by Gasteiger charge is -2.31. The Bertz CT molecular complexity index is 625. The summed E-state index contributed by atoms with van der Waals surface area (Å²) in [5.41, 5.74) is 0.811. The van der Waals surface area contributed by atoms with Crippen molar-refractivity contribution < 1.29 is 23.8 Å². The fraction of sp³-hybridized carbons (Fsp3) is 0.500. The van der Waals surface area contributed by atoms with Gasteiger partial charge in [0.1, 0.15) is 5.25 Å². The SMILES string of the molecule is COC(=O)[C@H]1CN(C(=O)Cc2cc(OC)c(OC)cc2Br)CCS1. The highest BCUT2D eigenvalue weighted by atomic mass is 79.9. The maximum atomic E-state index is 12.6. The number of amides is 1. The van der Waals surface area contributed by atoms with Crippen molar-refractivity contribution in [2.24, 2.45) is 0 Å². The van der Waals surface area contributed by atoms with Crippen LogP contribution in [0.5, 0.6) is 11.5 Å². The van der Waals surface area contributed by atoms with Crippen LogP contribution in [0, 0.1) is 0 Å². The number of thioether (sulfide) groups is 1. The van der Waals surface area contributed by atoms with Crippen molar-refractivity contribution in [3.63, 3.8) is 0 Å². The lowest BCUT2D eigenvalue weighted by molar-refractivity contribution is -0.141. The minimum Gasteiger partial charge on any atom is -0.493 e. The molecule has 0 aliphatic carbocycles. The zero-order valence-electron chi connectivity index (χ0n) is 13.8. The van der Waals surface area contributed by atoms with Gasteiger partial charge in [0.2, 0.25) is 5.91 Å². The van der Waals surface area contributed by atoms with Crippen molar-refractivity contribution in [2.45, 2.75) is 11.7 Å². The lowest BCUT2D eigenvalue weighted by atomic mass is 10.1. The van der Waals surface area contributed by atoms with Crippen LogP contribution >= 0.6 is 27.7 Å². The molecule has 0 bridgehead atoms. The molecule has 1 aliphatic rings. The van der Waals surface area contributed by atoms with Crippen molar-refractivity contribution >= 4 is 39.6 Å². The number of carbonyl (C=O) groups is 2. The fourth-order valence-corrected chi connectivity index (χ4v) is 4.05. The molecule has 1 aliphatic heterocycles. The molecule has 1 fully saturated rings. The number of nitrogens with zero attached hydrogens (tertiary/aromatic N) is 1. The number of benzene rings is 1. The molecule has 0 spiro atoms. The van der Waals surface area contributed by atoms with Gasteiger partial charge in [-0.25, -0.2) is 0 Å². The van der Waals surface area contributed by atoms with E-state index in [4.69, 9.17) is 14.2 Å². The van der Waals surface area contributed by atoms with Gasteiger partial charge < -0.3 is 19.1 Å². The summed E-state index contributed by atoms with van der Waals surface area (Å²) in [6, 6.07) is 3.57. The zero-order chi connectivity index (χ0) is 17.7. The van der Waals surface area contributed by atoms with E-state index in [1.807, 2.05) is 0 Å². The molecule has 1 aromatic carbocycles. The molecule has 0 radical (unpaired) electrons. The van der Waals surface area contributed by atoms with Crippen LogP contribution in [0.4, 0.5) is 0 Å². The Morgan fingerprint density at radius 2 is 1.92 bits per heavy atom. The van der Waals surface area contributed by atoms with E-state index in [2.05, 4.69) is 15.9 Å². The first-order chi connectivity index (χ1) is 11.5. The Morgan fingerprint density at radius 1 is 1.25 bits per heavy atom.